The molecule has 0 radical (unpaired) electrons. The van der Waals surface area contributed by atoms with Crippen molar-refractivity contribution in [1.82, 2.24) is 5.32 Å². The Morgan fingerprint density at radius 2 is 2.00 bits per heavy atom. The number of nitrogens with two attached hydrogens (primary N) is 1. The second-order valence-electron chi connectivity index (χ2n) is 5.14. The lowest BCUT2D eigenvalue weighted by Gasteiger charge is -2.15. The minimum atomic E-state index is -0.481. The van der Waals surface area contributed by atoms with Gasteiger partial charge in [-0.3, -0.25) is 4.79 Å². The fourth-order valence-corrected chi connectivity index (χ4v) is 2.87. The minimum absolute atomic E-state index is 0.0537. The molecule has 3 N–H and O–H groups in total. The molecule has 16 heavy (non-hydrogen) atoms. The normalized spacial score (nSPS) is 23.0. The van der Waals surface area contributed by atoms with E-state index in [0.29, 0.717) is 4.99 Å². The van der Waals surface area contributed by atoms with Crippen molar-refractivity contribution in [2.45, 2.75) is 44.9 Å². The lowest BCUT2D eigenvalue weighted by Crippen LogP contribution is -2.40. The molecule has 0 atom stereocenters. The molecule has 2 aliphatic rings. The first-order valence-electron chi connectivity index (χ1n) is 6.23. The van der Waals surface area contributed by atoms with Crippen LogP contribution in [-0.2, 0) is 4.79 Å². The first kappa shape index (κ1) is 11.8. The monoisotopic (exact) mass is 240 g/mol. The van der Waals surface area contributed by atoms with Crippen LogP contribution in [0.5, 0.6) is 0 Å². The Balaban J connectivity index is 1.70. The first-order valence-corrected chi connectivity index (χ1v) is 6.64. The molecule has 4 heteroatoms. The summed E-state index contributed by atoms with van der Waals surface area (Å²) >= 11 is 4.95. The average molecular weight is 240 g/mol. The summed E-state index contributed by atoms with van der Waals surface area (Å²) in [6.07, 6.45) is 8.14. The Labute approximate surface area is 102 Å². The summed E-state index contributed by atoms with van der Waals surface area (Å²) < 4.78 is 0. The van der Waals surface area contributed by atoms with E-state index in [9.17, 15) is 4.79 Å². The van der Waals surface area contributed by atoms with Gasteiger partial charge >= 0.3 is 0 Å². The Hall–Kier alpha value is -0.640. The number of hydrogen-bond acceptors (Lipinski definition) is 2. The summed E-state index contributed by atoms with van der Waals surface area (Å²) in [6, 6.07) is 0. The third kappa shape index (κ3) is 2.37. The standard InChI is InChI=1S/C12H20N2OS/c13-10(16)12(6-7-12)11(15)14-8-5-9-3-1-2-4-9/h9H,1-8H2,(H2,13,16)(H,14,15). The molecule has 0 aliphatic heterocycles. The highest BCUT2D eigenvalue weighted by atomic mass is 32.1. The quantitative estimate of drug-likeness (QED) is 0.720. The molecule has 2 saturated carbocycles. The van der Waals surface area contributed by atoms with Crippen molar-refractivity contribution in [3.63, 3.8) is 0 Å². The maximum atomic E-state index is 11.9. The Morgan fingerprint density at radius 3 is 2.50 bits per heavy atom. The first-order chi connectivity index (χ1) is 7.65. The van der Waals surface area contributed by atoms with E-state index in [4.69, 9.17) is 18.0 Å². The number of nitrogens with one attached hydrogen (secondary N) is 1. The molecule has 0 spiro atoms. The van der Waals surface area contributed by atoms with Gasteiger partial charge in [-0.05, 0) is 25.2 Å². The molecule has 0 saturated heterocycles. The Kier molecular flexibility index (Phi) is 3.47. The van der Waals surface area contributed by atoms with E-state index >= 15 is 0 Å². The lowest BCUT2D eigenvalue weighted by atomic mass is 10.0. The van der Waals surface area contributed by atoms with E-state index < -0.39 is 5.41 Å². The van der Waals surface area contributed by atoms with Crippen LogP contribution in [0.1, 0.15) is 44.9 Å². The predicted molar refractivity (Wildman–Crippen MR) is 68.0 cm³/mol. The summed E-state index contributed by atoms with van der Waals surface area (Å²) in [6.45, 7) is 0.786. The van der Waals surface area contributed by atoms with Crippen LogP contribution < -0.4 is 11.1 Å². The predicted octanol–water partition coefficient (Wildman–Crippen LogP) is 1.75. The molecule has 2 aliphatic carbocycles. The third-order valence-electron chi connectivity index (χ3n) is 3.97. The fraction of sp³-hybridized carbons (Fsp3) is 0.833. The van der Waals surface area contributed by atoms with Gasteiger partial charge in [0.2, 0.25) is 5.91 Å². The molecular weight excluding hydrogens is 220 g/mol. The van der Waals surface area contributed by atoms with Crippen molar-refractivity contribution in [3.05, 3.63) is 0 Å². The van der Waals surface area contributed by atoms with Crippen molar-refractivity contribution < 1.29 is 4.79 Å². The van der Waals surface area contributed by atoms with Crippen molar-refractivity contribution in [2.75, 3.05) is 6.54 Å². The highest BCUT2D eigenvalue weighted by Crippen LogP contribution is 2.46. The summed E-state index contributed by atoms with van der Waals surface area (Å²) in [5, 5.41) is 2.99. The third-order valence-corrected chi connectivity index (χ3v) is 4.36. The fourth-order valence-electron chi connectivity index (χ4n) is 2.57. The second-order valence-corrected chi connectivity index (χ2v) is 5.58. The van der Waals surface area contributed by atoms with E-state index in [0.717, 1.165) is 31.7 Å². The summed E-state index contributed by atoms with van der Waals surface area (Å²) in [7, 11) is 0. The van der Waals surface area contributed by atoms with Gasteiger partial charge in [0.05, 0.1) is 10.4 Å². The van der Waals surface area contributed by atoms with Crippen LogP contribution in [-0.4, -0.2) is 17.4 Å². The number of carbonyl (C=O) groups is 1. The molecule has 1 amide bonds. The van der Waals surface area contributed by atoms with Crippen LogP contribution in [0.25, 0.3) is 0 Å². The Morgan fingerprint density at radius 1 is 1.38 bits per heavy atom. The molecule has 90 valence electrons. The zero-order chi connectivity index (χ0) is 11.6. The summed E-state index contributed by atoms with van der Waals surface area (Å²) in [4.78, 5) is 12.2. The Bertz CT molecular complexity index is 293. The minimum Gasteiger partial charge on any atom is -0.392 e. The molecule has 2 fully saturated rings. The number of hydrogen-bond donors (Lipinski definition) is 2. The van der Waals surface area contributed by atoms with Crippen molar-refractivity contribution in [3.8, 4) is 0 Å². The van der Waals surface area contributed by atoms with Gasteiger partial charge in [-0.15, -0.1) is 0 Å². The molecule has 0 aromatic carbocycles. The lowest BCUT2D eigenvalue weighted by molar-refractivity contribution is -0.124. The molecule has 0 aromatic rings. The largest absolute Gasteiger partial charge is 0.392 e. The number of thiocarbonyl (C=S) groups is 1. The van der Waals surface area contributed by atoms with Gasteiger partial charge in [-0.25, -0.2) is 0 Å². The number of amides is 1. The smallest absolute Gasteiger partial charge is 0.233 e. The van der Waals surface area contributed by atoms with Crippen LogP contribution in [0.15, 0.2) is 0 Å². The highest BCUT2D eigenvalue weighted by molar-refractivity contribution is 7.80. The van der Waals surface area contributed by atoms with Crippen LogP contribution >= 0.6 is 12.2 Å². The van der Waals surface area contributed by atoms with E-state index in [1.165, 1.54) is 25.7 Å². The average Bonchev–Trinajstić information content (AvgIpc) is 2.92. The van der Waals surface area contributed by atoms with Gasteiger partial charge in [0.15, 0.2) is 0 Å². The number of carbonyl (C=O) groups excluding carboxylic acids is 1. The maximum absolute atomic E-state index is 11.9. The molecule has 0 unspecified atom stereocenters. The number of rotatable bonds is 5. The van der Waals surface area contributed by atoms with Gasteiger partial charge in [0.1, 0.15) is 0 Å². The van der Waals surface area contributed by atoms with E-state index in [1.807, 2.05) is 0 Å². The second kappa shape index (κ2) is 4.70. The van der Waals surface area contributed by atoms with Gasteiger partial charge in [-0.1, -0.05) is 37.9 Å². The SMILES string of the molecule is NC(=S)C1(C(=O)NCCC2CCCC2)CC1. The summed E-state index contributed by atoms with van der Waals surface area (Å²) in [5.74, 6) is 0.873. The van der Waals surface area contributed by atoms with Crippen LogP contribution in [0, 0.1) is 11.3 Å². The van der Waals surface area contributed by atoms with Gasteiger partial charge < -0.3 is 11.1 Å². The van der Waals surface area contributed by atoms with Crippen molar-refractivity contribution in [2.24, 2.45) is 17.1 Å². The molecule has 0 aromatic heterocycles. The topological polar surface area (TPSA) is 55.1 Å². The van der Waals surface area contributed by atoms with Gasteiger partial charge in [-0.2, -0.15) is 0 Å². The van der Waals surface area contributed by atoms with E-state index in [-0.39, 0.29) is 5.91 Å². The molecule has 2 rings (SSSR count). The van der Waals surface area contributed by atoms with Crippen molar-refractivity contribution in [1.29, 1.82) is 0 Å². The van der Waals surface area contributed by atoms with Crippen LogP contribution in [0.2, 0.25) is 0 Å². The molecular formula is C12H20N2OS. The van der Waals surface area contributed by atoms with Crippen LogP contribution in [0.3, 0.4) is 0 Å². The van der Waals surface area contributed by atoms with Crippen molar-refractivity contribution >= 4 is 23.1 Å². The molecule has 0 heterocycles. The molecule has 0 bridgehead atoms. The zero-order valence-corrected chi connectivity index (χ0v) is 10.4. The zero-order valence-electron chi connectivity index (χ0n) is 9.63. The molecule has 3 nitrogen and oxygen atoms in total. The van der Waals surface area contributed by atoms with E-state index in [1.54, 1.807) is 0 Å². The maximum Gasteiger partial charge on any atom is 0.233 e. The van der Waals surface area contributed by atoms with Gasteiger partial charge in [0, 0.05) is 6.54 Å². The van der Waals surface area contributed by atoms with Crippen LogP contribution in [0.4, 0.5) is 0 Å². The summed E-state index contributed by atoms with van der Waals surface area (Å²) in [5.41, 5.74) is 5.12. The van der Waals surface area contributed by atoms with Gasteiger partial charge in [0.25, 0.3) is 0 Å². The highest BCUT2D eigenvalue weighted by Gasteiger charge is 2.52. The van der Waals surface area contributed by atoms with E-state index in [2.05, 4.69) is 5.32 Å².